The smallest absolute Gasteiger partial charge is 0.0168 e. The molecular weight excluding hydrogens is 174 g/mol. The highest BCUT2D eigenvalue weighted by Crippen LogP contribution is 2.26. The van der Waals surface area contributed by atoms with Crippen molar-refractivity contribution in [1.29, 1.82) is 0 Å². The van der Waals surface area contributed by atoms with Crippen molar-refractivity contribution >= 4 is 0 Å². The summed E-state index contributed by atoms with van der Waals surface area (Å²) in [6.45, 7) is 8.36. The molecule has 0 aromatic rings. The normalized spacial score (nSPS) is 40.3. The van der Waals surface area contributed by atoms with Crippen LogP contribution in [0, 0.1) is 5.41 Å². The Bertz CT molecular complexity index is 187. The van der Waals surface area contributed by atoms with Crippen molar-refractivity contribution in [3.05, 3.63) is 0 Å². The summed E-state index contributed by atoms with van der Waals surface area (Å²) in [5, 5.41) is 3.46. The Morgan fingerprint density at radius 3 is 3.07 bits per heavy atom. The predicted octanol–water partition coefficient (Wildman–Crippen LogP) is 0.409. The van der Waals surface area contributed by atoms with Crippen LogP contribution in [0.3, 0.4) is 0 Å². The van der Waals surface area contributed by atoms with Crippen molar-refractivity contribution in [2.45, 2.75) is 32.2 Å². The van der Waals surface area contributed by atoms with Crippen LogP contribution in [-0.4, -0.2) is 43.7 Å². The lowest BCUT2D eigenvalue weighted by molar-refractivity contribution is 0.142. The Morgan fingerprint density at radius 2 is 2.43 bits per heavy atom. The minimum absolute atomic E-state index is 0.418. The molecule has 0 aromatic carbocycles. The van der Waals surface area contributed by atoms with Gasteiger partial charge in [-0.3, -0.25) is 0 Å². The van der Waals surface area contributed by atoms with Gasteiger partial charge in [-0.1, -0.05) is 6.92 Å². The third-order valence-electron chi connectivity index (χ3n) is 3.60. The molecule has 0 radical (unpaired) electrons. The summed E-state index contributed by atoms with van der Waals surface area (Å²) in [5.41, 5.74) is 6.48. The van der Waals surface area contributed by atoms with Crippen LogP contribution in [0.15, 0.2) is 0 Å². The van der Waals surface area contributed by atoms with E-state index < -0.39 is 0 Å². The zero-order valence-corrected chi connectivity index (χ0v) is 9.26. The van der Waals surface area contributed by atoms with Gasteiger partial charge in [-0.15, -0.1) is 0 Å². The van der Waals surface area contributed by atoms with E-state index in [0.29, 0.717) is 11.5 Å². The molecule has 0 spiro atoms. The van der Waals surface area contributed by atoms with Gasteiger partial charge in [0.1, 0.15) is 0 Å². The summed E-state index contributed by atoms with van der Waals surface area (Å²) >= 11 is 0. The van der Waals surface area contributed by atoms with Gasteiger partial charge in [0.15, 0.2) is 0 Å². The highest BCUT2D eigenvalue weighted by Gasteiger charge is 2.31. The zero-order valence-electron chi connectivity index (χ0n) is 9.26. The molecule has 2 saturated heterocycles. The van der Waals surface area contributed by atoms with Gasteiger partial charge < -0.3 is 16.0 Å². The quantitative estimate of drug-likeness (QED) is 0.674. The number of nitrogens with two attached hydrogens (primary N) is 1. The fourth-order valence-corrected chi connectivity index (χ4v) is 2.78. The number of piperidine rings is 1. The molecule has 3 nitrogen and oxygen atoms in total. The number of nitrogens with one attached hydrogen (secondary N) is 1. The van der Waals surface area contributed by atoms with Gasteiger partial charge in [0.2, 0.25) is 0 Å². The third-order valence-corrected chi connectivity index (χ3v) is 3.60. The van der Waals surface area contributed by atoms with E-state index in [4.69, 9.17) is 5.73 Å². The van der Waals surface area contributed by atoms with Crippen LogP contribution in [-0.2, 0) is 0 Å². The summed E-state index contributed by atoms with van der Waals surface area (Å²) in [6, 6.07) is 0.418. The molecule has 3 N–H and O–H groups in total. The van der Waals surface area contributed by atoms with Gasteiger partial charge >= 0.3 is 0 Å². The van der Waals surface area contributed by atoms with Crippen LogP contribution < -0.4 is 11.1 Å². The molecule has 14 heavy (non-hydrogen) atoms. The van der Waals surface area contributed by atoms with E-state index in [-0.39, 0.29) is 0 Å². The second-order valence-corrected chi connectivity index (χ2v) is 5.37. The lowest BCUT2D eigenvalue weighted by Crippen LogP contribution is -2.47. The summed E-state index contributed by atoms with van der Waals surface area (Å²) < 4.78 is 0. The summed E-state index contributed by atoms with van der Waals surface area (Å²) in [6.07, 6.45) is 3.81. The van der Waals surface area contributed by atoms with Gasteiger partial charge in [-0.25, -0.2) is 0 Å². The first-order valence-corrected chi connectivity index (χ1v) is 5.87. The second kappa shape index (κ2) is 4.17. The number of hydrogen-bond acceptors (Lipinski definition) is 3. The molecule has 2 aliphatic heterocycles. The Kier molecular flexibility index (Phi) is 3.10. The summed E-state index contributed by atoms with van der Waals surface area (Å²) in [7, 11) is 0. The van der Waals surface area contributed by atoms with Crippen LogP contribution in [0.1, 0.15) is 26.2 Å². The van der Waals surface area contributed by atoms with E-state index in [1.807, 2.05) is 0 Å². The molecule has 0 aliphatic carbocycles. The van der Waals surface area contributed by atoms with Crippen molar-refractivity contribution in [1.82, 2.24) is 10.2 Å². The molecule has 0 aromatic heterocycles. The van der Waals surface area contributed by atoms with E-state index in [2.05, 4.69) is 17.1 Å². The molecule has 2 atom stereocenters. The Balaban J connectivity index is 1.83. The van der Waals surface area contributed by atoms with Crippen molar-refractivity contribution in [2.24, 2.45) is 11.1 Å². The minimum atomic E-state index is 0.418. The van der Waals surface area contributed by atoms with Crippen molar-refractivity contribution < 1.29 is 0 Å². The molecule has 3 heteroatoms. The lowest BCUT2D eigenvalue weighted by Gasteiger charge is -2.36. The average molecular weight is 197 g/mol. The van der Waals surface area contributed by atoms with Gasteiger partial charge in [0, 0.05) is 25.7 Å². The maximum atomic E-state index is 5.99. The standard InChI is InChI=1S/C11H23N3/c1-11(4-5-13-8-11)9-14-6-2-3-10(12)7-14/h10,13H,2-9,12H2,1H3. The number of hydrogen-bond donors (Lipinski definition) is 2. The first-order chi connectivity index (χ1) is 6.68. The largest absolute Gasteiger partial charge is 0.327 e. The molecular formula is C11H23N3. The first kappa shape index (κ1) is 10.4. The molecule has 2 rings (SSSR count). The third kappa shape index (κ3) is 2.47. The molecule has 2 unspecified atom stereocenters. The maximum absolute atomic E-state index is 5.99. The van der Waals surface area contributed by atoms with Crippen molar-refractivity contribution in [3.63, 3.8) is 0 Å². The van der Waals surface area contributed by atoms with Crippen LogP contribution in [0.5, 0.6) is 0 Å². The fraction of sp³-hybridized carbons (Fsp3) is 1.00. The Morgan fingerprint density at radius 1 is 1.57 bits per heavy atom. The Labute approximate surface area is 87.0 Å². The molecule has 2 fully saturated rings. The topological polar surface area (TPSA) is 41.3 Å². The molecule has 2 aliphatic rings. The van der Waals surface area contributed by atoms with Gasteiger partial charge in [0.25, 0.3) is 0 Å². The number of rotatable bonds is 2. The van der Waals surface area contributed by atoms with Crippen molar-refractivity contribution in [3.8, 4) is 0 Å². The predicted molar refractivity (Wildman–Crippen MR) is 59.2 cm³/mol. The Hall–Kier alpha value is -0.120. The van der Waals surface area contributed by atoms with Gasteiger partial charge in [-0.05, 0) is 37.8 Å². The molecule has 82 valence electrons. The zero-order chi connectivity index (χ0) is 10.0. The fourth-order valence-electron chi connectivity index (χ4n) is 2.78. The highest BCUT2D eigenvalue weighted by atomic mass is 15.2. The van der Waals surface area contributed by atoms with Crippen LogP contribution in [0.2, 0.25) is 0 Å². The van der Waals surface area contributed by atoms with Gasteiger partial charge in [0.05, 0.1) is 0 Å². The van der Waals surface area contributed by atoms with E-state index in [9.17, 15) is 0 Å². The molecule has 2 heterocycles. The molecule has 0 saturated carbocycles. The first-order valence-electron chi connectivity index (χ1n) is 5.87. The van der Waals surface area contributed by atoms with E-state index >= 15 is 0 Å². The lowest BCUT2D eigenvalue weighted by atomic mass is 9.88. The summed E-state index contributed by atoms with van der Waals surface area (Å²) in [4.78, 5) is 2.56. The van der Waals surface area contributed by atoms with E-state index in [1.54, 1.807) is 0 Å². The van der Waals surface area contributed by atoms with Crippen LogP contribution in [0.25, 0.3) is 0 Å². The number of nitrogens with zero attached hydrogens (tertiary/aromatic N) is 1. The van der Waals surface area contributed by atoms with E-state index in [1.165, 1.54) is 45.4 Å². The van der Waals surface area contributed by atoms with E-state index in [0.717, 1.165) is 6.54 Å². The minimum Gasteiger partial charge on any atom is -0.327 e. The van der Waals surface area contributed by atoms with Gasteiger partial charge in [-0.2, -0.15) is 0 Å². The second-order valence-electron chi connectivity index (χ2n) is 5.37. The number of likely N-dealkylation sites (tertiary alicyclic amines) is 1. The monoisotopic (exact) mass is 197 g/mol. The molecule has 0 amide bonds. The van der Waals surface area contributed by atoms with Crippen LogP contribution >= 0.6 is 0 Å². The maximum Gasteiger partial charge on any atom is 0.0168 e. The van der Waals surface area contributed by atoms with Crippen molar-refractivity contribution in [2.75, 3.05) is 32.7 Å². The SMILES string of the molecule is CC1(CN2CCCC(N)C2)CCNC1. The van der Waals surface area contributed by atoms with Crippen LogP contribution in [0.4, 0.5) is 0 Å². The summed E-state index contributed by atoms with van der Waals surface area (Å²) in [5.74, 6) is 0. The average Bonchev–Trinajstić information content (AvgIpc) is 2.51. The molecule has 0 bridgehead atoms. The highest BCUT2D eigenvalue weighted by molar-refractivity contribution is 4.88.